The number of pyridine rings is 1. The number of aromatic nitrogens is 3. The van der Waals surface area contributed by atoms with Crippen LogP contribution >= 0.6 is 0 Å². The molecule has 3 aromatic heterocycles. The first kappa shape index (κ1) is 22.1. The Morgan fingerprint density at radius 2 is 0.857 bits per heavy atom. The molecule has 0 N–H and O–H groups in total. The molecule has 10 rings (SSSR count). The van der Waals surface area contributed by atoms with Crippen LogP contribution < -0.4 is 0 Å². The van der Waals surface area contributed by atoms with Crippen LogP contribution in [0.1, 0.15) is 0 Å². The van der Waals surface area contributed by atoms with Crippen LogP contribution in [0.4, 0.5) is 0 Å². The van der Waals surface area contributed by atoms with E-state index in [-0.39, 0.29) is 0 Å². The maximum atomic E-state index is 5.36. The summed E-state index contributed by atoms with van der Waals surface area (Å²) in [6.45, 7) is 0. The molecule has 0 spiro atoms. The van der Waals surface area contributed by atoms with Crippen molar-refractivity contribution < 1.29 is 0 Å². The fourth-order valence-corrected chi connectivity index (χ4v) is 7.30. The van der Waals surface area contributed by atoms with Gasteiger partial charge >= 0.3 is 0 Å². The average molecular weight is 534 g/mol. The molecule has 0 amide bonds. The number of para-hydroxylation sites is 2. The van der Waals surface area contributed by atoms with Crippen LogP contribution in [0, 0.1) is 0 Å². The second-order valence-electron chi connectivity index (χ2n) is 11.2. The van der Waals surface area contributed by atoms with E-state index >= 15 is 0 Å². The van der Waals surface area contributed by atoms with E-state index in [9.17, 15) is 0 Å². The van der Waals surface area contributed by atoms with Gasteiger partial charge in [-0.2, -0.15) is 0 Å². The number of nitrogens with zero attached hydrogens (tertiary/aromatic N) is 3. The molecule has 0 unspecified atom stereocenters. The number of hydrogen-bond acceptors (Lipinski definition) is 1. The molecule has 0 aliphatic rings. The van der Waals surface area contributed by atoms with Gasteiger partial charge < -0.3 is 0 Å². The number of hydrogen-bond donors (Lipinski definition) is 0. The van der Waals surface area contributed by atoms with Crippen LogP contribution in [-0.2, 0) is 0 Å². The molecular formula is C39H23N3. The molecule has 0 aliphatic heterocycles. The lowest BCUT2D eigenvalue weighted by atomic mass is 9.94. The summed E-state index contributed by atoms with van der Waals surface area (Å²) in [5.74, 6) is 0. The van der Waals surface area contributed by atoms with E-state index < -0.39 is 0 Å². The molecule has 3 nitrogen and oxygen atoms in total. The van der Waals surface area contributed by atoms with Gasteiger partial charge in [0.15, 0.2) is 5.65 Å². The van der Waals surface area contributed by atoms with Gasteiger partial charge in [-0.1, -0.05) is 115 Å². The summed E-state index contributed by atoms with van der Waals surface area (Å²) in [5, 5.41) is 12.5. The highest BCUT2D eigenvalue weighted by molar-refractivity contribution is 6.26. The van der Waals surface area contributed by atoms with Crippen molar-refractivity contribution in [3.05, 3.63) is 140 Å². The Morgan fingerprint density at radius 3 is 1.52 bits per heavy atom. The molecule has 0 fully saturated rings. The van der Waals surface area contributed by atoms with Gasteiger partial charge in [-0.3, -0.25) is 8.97 Å². The number of benzene rings is 7. The van der Waals surface area contributed by atoms with Crippen molar-refractivity contribution in [2.75, 3.05) is 0 Å². The molecule has 42 heavy (non-hydrogen) atoms. The van der Waals surface area contributed by atoms with E-state index in [4.69, 9.17) is 4.98 Å². The van der Waals surface area contributed by atoms with Crippen molar-refractivity contribution in [1.82, 2.24) is 14.0 Å². The molecule has 0 aliphatic carbocycles. The summed E-state index contributed by atoms with van der Waals surface area (Å²) < 4.78 is 4.78. The van der Waals surface area contributed by atoms with E-state index in [1.165, 1.54) is 48.5 Å². The SMILES string of the molecule is c1ccc2c(c1)c1ccccc1c1cc(-n3c4ccccc4c4nc5c6ccccc6c6ccccc6n5c43)ccc21. The Bertz CT molecular complexity index is 2710. The fourth-order valence-electron chi connectivity index (χ4n) is 7.30. The zero-order valence-electron chi connectivity index (χ0n) is 22.6. The minimum atomic E-state index is 0.992. The standard InChI is InChI=1S/C39H23N3/c1-2-13-27-25(11-1)26-12-3-4-14-28(26)34-23-24(21-22-30(27)34)41-36-20-10-8-18-33(36)37-39(41)42-35-19-9-7-16-31(35)29-15-5-6-17-32(29)38(42)40-37/h1-23H. The van der Waals surface area contributed by atoms with Gasteiger partial charge in [-0.05, 0) is 62.0 Å². The third kappa shape index (κ3) is 2.72. The van der Waals surface area contributed by atoms with Gasteiger partial charge in [0.2, 0.25) is 0 Å². The molecule has 194 valence electrons. The molecule has 0 saturated carbocycles. The maximum Gasteiger partial charge on any atom is 0.151 e. The summed E-state index contributed by atoms with van der Waals surface area (Å²) in [7, 11) is 0. The molecule has 0 saturated heterocycles. The second-order valence-corrected chi connectivity index (χ2v) is 11.2. The second kappa shape index (κ2) is 7.96. The molecule has 0 atom stereocenters. The Kier molecular flexibility index (Phi) is 4.18. The van der Waals surface area contributed by atoms with Crippen LogP contribution in [0.5, 0.6) is 0 Å². The summed E-state index contributed by atoms with van der Waals surface area (Å²) in [6, 6.07) is 50.5. The van der Waals surface area contributed by atoms with Crippen molar-refractivity contribution in [1.29, 1.82) is 0 Å². The van der Waals surface area contributed by atoms with E-state index in [0.29, 0.717) is 0 Å². The molecule has 0 bridgehead atoms. The van der Waals surface area contributed by atoms with E-state index in [1.807, 2.05) is 0 Å². The topological polar surface area (TPSA) is 22.2 Å². The van der Waals surface area contributed by atoms with Crippen molar-refractivity contribution in [3.8, 4) is 5.69 Å². The molecule has 7 aromatic carbocycles. The number of fused-ring (bicyclic) bond motifs is 16. The van der Waals surface area contributed by atoms with Crippen molar-refractivity contribution in [3.63, 3.8) is 0 Å². The van der Waals surface area contributed by atoms with Crippen LogP contribution in [0.25, 0.3) is 87.4 Å². The summed E-state index contributed by atoms with van der Waals surface area (Å²) in [4.78, 5) is 5.36. The maximum absolute atomic E-state index is 5.36. The van der Waals surface area contributed by atoms with Gasteiger partial charge in [0.05, 0.1) is 11.0 Å². The monoisotopic (exact) mass is 533 g/mol. The third-order valence-electron chi connectivity index (χ3n) is 9.05. The highest BCUT2D eigenvalue weighted by Crippen LogP contribution is 2.40. The molecule has 0 radical (unpaired) electrons. The lowest BCUT2D eigenvalue weighted by molar-refractivity contribution is 1.12. The smallest absolute Gasteiger partial charge is 0.151 e. The summed E-state index contributed by atoms with van der Waals surface area (Å²) in [5.41, 5.74) is 6.56. The van der Waals surface area contributed by atoms with Gasteiger partial charge in [0, 0.05) is 21.8 Å². The van der Waals surface area contributed by atoms with Crippen molar-refractivity contribution in [2.24, 2.45) is 0 Å². The molecular weight excluding hydrogens is 510 g/mol. The Balaban J connectivity index is 1.43. The Labute approximate surface area is 240 Å². The summed E-state index contributed by atoms with van der Waals surface area (Å²) >= 11 is 0. The van der Waals surface area contributed by atoms with Gasteiger partial charge in [0.25, 0.3) is 0 Å². The lowest BCUT2D eigenvalue weighted by Gasteiger charge is -2.14. The van der Waals surface area contributed by atoms with E-state index in [0.717, 1.165) is 38.9 Å². The van der Waals surface area contributed by atoms with Crippen LogP contribution in [0.2, 0.25) is 0 Å². The van der Waals surface area contributed by atoms with Gasteiger partial charge in [-0.25, -0.2) is 4.98 Å². The fraction of sp³-hybridized carbons (Fsp3) is 0. The third-order valence-corrected chi connectivity index (χ3v) is 9.05. The predicted octanol–water partition coefficient (Wildman–Crippen LogP) is 10.2. The van der Waals surface area contributed by atoms with Crippen molar-refractivity contribution >= 4 is 81.7 Å². The highest BCUT2D eigenvalue weighted by Gasteiger charge is 2.21. The van der Waals surface area contributed by atoms with Crippen LogP contribution in [-0.4, -0.2) is 14.0 Å². The highest BCUT2D eigenvalue weighted by atomic mass is 15.2. The summed E-state index contributed by atoms with van der Waals surface area (Å²) in [6.07, 6.45) is 0. The largest absolute Gasteiger partial charge is 0.294 e. The first-order chi connectivity index (χ1) is 20.9. The first-order valence-corrected chi connectivity index (χ1v) is 14.4. The molecule has 10 aromatic rings. The predicted molar refractivity (Wildman–Crippen MR) is 177 cm³/mol. The zero-order chi connectivity index (χ0) is 27.4. The molecule has 3 heteroatoms. The number of rotatable bonds is 1. The average Bonchev–Trinajstić information content (AvgIpc) is 3.60. The number of imidazole rings is 1. The van der Waals surface area contributed by atoms with Crippen molar-refractivity contribution in [2.45, 2.75) is 0 Å². The minimum Gasteiger partial charge on any atom is -0.294 e. The van der Waals surface area contributed by atoms with Gasteiger partial charge in [0.1, 0.15) is 11.2 Å². The first-order valence-electron chi connectivity index (χ1n) is 14.4. The quantitative estimate of drug-likeness (QED) is 0.192. The van der Waals surface area contributed by atoms with Crippen LogP contribution in [0.15, 0.2) is 140 Å². The Hall–Kier alpha value is -5.67. The normalized spacial score (nSPS) is 12.3. The van der Waals surface area contributed by atoms with Gasteiger partial charge in [-0.15, -0.1) is 0 Å². The van der Waals surface area contributed by atoms with E-state index in [1.54, 1.807) is 0 Å². The van der Waals surface area contributed by atoms with Crippen LogP contribution in [0.3, 0.4) is 0 Å². The van der Waals surface area contributed by atoms with E-state index in [2.05, 4.69) is 148 Å². The molecule has 3 heterocycles. The lowest BCUT2D eigenvalue weighted by Crippen LogP contribution is -1.99. The minimum absolute atomic E-state index is 0.992. The zero-order valence-corrected chi connectivity index (χ0v) is 22.6. The Morgan fingerprint density at radius 1 is 0.381 bits per heavy atom.